The molecule has 1 saturated heterocycles. The van der Waals surface area contributed by atoms with E-state index in [1.807, 2.05) is 23.9 Å². The molecule has 1 aliphatic heterocycles. The zero-order valence-corrected chi connectivity index (χ0v) is 14.6. The molecule has 1 N–H and O–H groups in total. The molecule has 0 spiro atoms. The van der Waals surface area contributed by atoms with Gasteiger partial charge in [0, 0.05) is 48.7 Å². The van der Waals surface area contributed by atoms with Gasteiger partial charge in [0.15, 0.2) is 0 Å². The number of ether oxygens (including phenoxy) is 1. The van der Waals surface area contributed by atoms with Crippen molar-refractivity contribution in [3.8, 4) is 0 Å². The summed E-state index contributed by atoms with van der Waals surface area (Å²) in [6.07, 6.45) is 0. The molecule has 116 valence electrons. The molecule has 0 aliphatic carbocycles. The van der Waals surface area contributed by atoms with Crippen molar-refractivity contribution >= 4 is 33.7 Å². The quantitative estimate of drug-likeness (QED) is 0.613. The number of nitrogens with one attached hydrogen (secondary N) is 1. The fourth-order valence-corrected chi connectivity index (χ4v) is 3.72. The summed E-state index contributed by atoms with van der Waals surface area (Å²) in [5.41, 5.74) is 1.72. The molecule has 0 atom stereocenters. The monoisotopic (exact) mass is 372 g/mol. The third kappa shape index (κ3) is 5.29. The van der Waals surface area contributed by atoms with Gasteiger partial charge < -0.3 is 15.0 Å². The van der Waals surface area contributed by atoms with E-state index in [1.165, 1.54) is 31.7 Å². The van der Waals surface area contributed by atoms with E-state index in [2.05, 4.69) is 26.1 Å². The summed E-state index contributed by atoms with van der Waals surface area (Å²) in [6, 6.07) is 5.57. The Bertz CT molecular complexity index is 479. The average Bonchev–Trinajstić information content (AvgIpc) is 2.53. The van der Waals surface area contributed by atoms with Crippen LogP contribution in [0.5, 0.6) is 0 Å². The predicted octanol–water partition coefficient (Wildman–Crippen LogP) is 2.37. The van der Waals surface area contributed by atoms with Crippen molar-refractivity contribution < 1.29 is 9.53 Å². The van der Waals surface area contributed by atoms with Crippen LogP contribution >= 0.6 is 27.7 Å². The Kier molecular flexibility index (Phi) is 7.03. The Hall–Kier alpha value is -0.560. The number of halogens is 1. The van der Waals surface area contributed by atoms with Crippen LogP contribution in [-0.4, -0.2) is 55.7 Å². The van der Waals surface area contributed by atoms with Crippen molar-refractivity contribution in [3.63, 3.8) is 0 Å². The molecule has 1 aliphatic rings. The molecule has 21 heavy (non-hydrogen) atoms. The highest BCUT2D eigenvalue weighted by atomic mass is 79.9. The van der Waals surface area contributed by atoms with Gasteiger partial charge in [-0.15, -0.1) is 0 Å². The van der Waals surface area contributed by atoms with Gasteiger partial charge in [-0.05, 0) is 17.7 Å². The summed E-state index contributed by atoms with van der Waals surface area (Å²) in [6.45, 7) is 5.27. The van der Waals surface area contributed by atoms with Crippen molar-refractivity contribution in [3.05, 3.63) is 33.8 Å². The van der Waals surface area contributed by atoms with Crippen LogP contribution < -0.4 is 5.32 Å². The SMILES string of the molecule is COC(=O)c1ccc(CNCCN2CCSCC2)c(Br)c1. The first-order valence-corrected chi connectivity index (χ1v) is 9.03. The van der Waals surface area contributed by atoms with E-state index in [1.54, 1.807) is 6.07 Å². The minimum absolute atomic E-state index is 0.307. The van der Waals surface area contributed by atoms with Gasteiger partial charge >= 0.3 is 5.97 Å². The molecule has 0 unspecified atom stereocenters. The lowest BCUT2D eigenvalue weighted by Gasteiger charge is -2.26. The molecule has 6 heteroatoms. The van der Waals surface area contributed by atoms with Gasteiger partial charge in [-0.3, -0.25) is 0 Å². The minimum atomic E-state index is -0.307. The molecule has 1 heterocycles. The number of nitrogens with zero attached hydrogens (tertiary/aromatic N) is 1. The van der Waals surface area contributed by atoms with Gasteiger partial charge in [-0.2, -0.15) is 11.8 Å². The van der Waals surface area contributed by atoms with Crippen LogP contribution in [0.25, 0.3) is 0 Å². The second-order valence-corrected chi connectivity index (χ2v) is 7.01. The molecule has 0 radical (unpaired) electrons. The fourth-order valence-electron chi connectivity index (χ4n) is 2.22. The van der Waals surface area contributed by atoms with Crippen LogP contribution in [0.3, 0.4) is 0 Å². The number of hydrogen-bond acceptors (Lipinski definition) is 5. The van der Waals surface area contributed by atoms with Gasteiger partial charge in [0.05, 0.1) is 12.7 Å². The summed E-state index contributed by atoms with van der Waals surface area (Å²) in [5, 5.41) is 3.46. The number of hydrogen-bond donors (Lipinski definition) is 1. The van der Waals surface area contributed by atoms with E-state index in [0.29, 0.717) is 5.56 Å². The van der Waals surface area contributed by atoms with Crippen molar-refractivity contribution in [2.24, 2.45) is 0 Å². The number of benzene rings is 1. The maximum absolute atomic E-state index is 11.4. The number of methoxy groups -OCH3 is 1. The van der Waals surface area contributed by atoms with Crippen LogP contribution in [0.1, 0.15) is 15.9 Å². The van der Waals surface area contributed by atoms with Crippen LogP contribution in [0.4, 0.5) is 0 Å². The van der Waals surface area contributed by atoms with Crippen molar-refractivity contribution in [1.29, 1.82) is 0 Å². The smallest absolute Gasteiger partial charge is 0.337 e. The van der Waals surface area contributed by atoms with E-state index in [0.717, 1.165) is 29.7 Å². The van der Waals surface area contributed by atoms with Gasteiger partial charge in [0.1, 0.15) is 0 Å². The second kappa shape index (κ2) is 8.78. The third-order valence-corrected chi connectivity index (χ3v) is 5.18. The molecule has 1 aromatic carbocycles. The Labute approximate surface area is 138 Å². The zero-order chi connectivity index (χ0) is 15.1. The molecule has 0 amide bonds. The lowest BCUT2D eigenvalue weighted by Crippen LogP contribution is -2.37. The zero-order valence-electron chi connectivity index (χ0n) is 12.2. The molecule has 1 aromatic rings. The predicted molar refractivity (Wildman–Crippen MR) is 91.0 cm³/mol. The minimum Gasteiger partial charge on any atom is -0.465 e. The fraction of sp³-hybridized carbons (Fsp3) is 0.533. The van der Waals surface area contributed by atoms with E-state index in [4.69, 9.17) is 4.74 Å². The Morgan fingerprint density at radius 3 is 2.86 bits per heavy atom. The van der Waals surface area contributed by atoms with Crippen molar-refractivity contribution in [2.75, 3.05) is 44.8 Å². The number of thioether (sulfide) groups is 1. The molecule has 2 rings (SSSR count). The van der Waals surface area contributed by atoms with Crippen LogP contribution in [0.2, 0.25) is 0 Å². The number of esters is 1. The molecule has 0 saturated carbocycles. The van der Waals surface area contributed by atoms with Crippen LogP contribution in [0, 0.1) is 0 Å². The summed E-state index contributed by atoms with van der Waals surface area (Å²) in [5.74, 6) is 2.19. The van der Waals surface area contributed by atoms with Gasteiger partial charge in [-0.25, -0.2) is 4.79 Å². The largest absolute Gasteiger partial charge is 0.465 e. The standard InChI is InChI=1S/C15H21BrN2O2S/c1-20-15(19)12-2-3-13(14(16)10-12)11-17-4-5-18-6-8-21-9-7-18/h2-3,10,17H,4-9,11H2,1H3. The van der Waals surface area contributed by atoms with Crippen LogP contribution in [-0.2, 0) is 11.3 Å². The second-order valence-electron chi connectivity index (χ2n) is 4.93. The summed E-state index contributed by atoms with van der Waals surface area (Å²) >= 11 is 5.55. The lowest BCUT2D eigenvalue weighted by atomic mass is 10.1. The lowest BCUT2D eigenvalue weighted by molar-refractivity contribution is 0.0600. The highest BCUT2D eigenvalue weighted by Gasteiger charge is 2.10. The van der Waals surface area contributed by atoms with E-state index in [9.17, 15) is 4.79 Å². The highest BCUT2D eigenvalue weighted by Crippen LogP contribution is 2.19. The molecule has 4 nitrogen and oxygen atoms in total. The molecule has 1 fully saturated rings. The Morgan fingerprint density at radius 1 is 1.43 bits per heavy atom. The first kappa shape index (κ1) is 16.8. The maximum Gasteiger partial charge on any atom is 0.337 e. The molecule has 0 aromatic heterocycles. The summed E-state index contributed by atoms with van der Waals surface area (Å²) in [4.78, 5) is 13.9. The first-order chi connectivity index (χ1) is 10.2. The van der Waals surface area contributed by atoms with E-state index >= 15 is 0 Å². The summed E-state index contributed by atoms with van der Waals surface area (Å²) < 4.78 is 5.65. The maximum atomic E-state index is 11.4. The number of carbonyl (C=O) groups is 1. The van der Waals surface area contributed by atoms with Crippen LogP contribution in [0.15, 0.2) is 22.7 Å². The Balaban J connectivity index is 1.76. The normalized spacial score (nSPS) is 15.9. The Morgan fingerprint density at radius 2 is 2.19 bits per heavy atom. The van der Waals surface area contributed by atoms with Gasteiger partial charge in [0.2, 0.25) is 0 Å². The van der Waals surface area contributed by atoms with E-state index < -0.39 is 0 Å². The summed E-state index contributed by atoms with van der Waals surface area (Å²) in [7, 11) is 1.39. The molecule has 0 bridgehead atoms. The van der Waals surface area contributed by atoms with Gasteiger partial charge in [0.25, 0.3) is 0 Å². The first-order valence-electron chi connectivity index (χ1n) is 7.08. The van der Waals surface area contributed by atoms with Crippen molar-refractivity contribution in [2.45, 2.75) is 6.54 Å². The van der Waals surface area contributed by atoms with Gasteiger partial charge in [-0.1, -0.05) is 22.0 Å². The highest BCUT2D eigenvalue weighted by molar-refractivity contribution is 9.10. The number of rotatable bonds is 6. The average molecular weight is 373 g/mol. The topological polar surface area (TPSA) is 41.6 Å². The molecular formula is C15H21BrN2O2S. The third-order valence-electron chi connectivity index (χ3n) is 3.50. The van der Waals surface area contributed by atoms with Crippen molar-refractivity contribution in [1.82, 2.24) is 10.2 Å². The van der Waals surface area contributed by atoms with E-state index in [-0.39, 0.29) is 5.97 Å². The molecular weight excluding hydrogens is 352 g/mol. The number of carbonyl (C=O) groups excluding carboxylic acids is 1.